The number of nitrogens with two attached hydrogens (primary N) is 1. The molecule has 0 aromatic carbocycles. The number of aryl methyl sites for hydroxylation is 1. The van der Waals surface area contributed by atoms with Crippen molar-refractivity contribution >= 4 is 28.8 Å². The maximum absolute atomic E-state index is 13.2. The Balaban J connectivity index is 1.43. The second kappa shape index (κ2) is 10.3. The van der Waals surface area contributed by atoms with Crippen molar-refractivity contribution in [2.45, 2.75) is 51.6 Å². The lowest BCUT2D eigenvalue weighted by molar-refractivity contribution is 0.0711. The molecule has 198 valence electrons. The van der Waals surface area contributed by atoms with E-state index in [1.165, 1.54) is 24.9 Å². The summed E-state index contributed by atoms with van der Waals surface area (Å²) in [7, 11) is 0. The van der Waals surface area contributed by atoms with Crippen LogP contribution in [-0.4, -0.2) is 55.0 Å². The molecule has 0 spiro atoms. The number of anilines is 2. The van der Waals surface area contributed by atoms with Crippen LogP contribution in [0.3, 0.4) is 0 Å². The summed E-state index contributed by atoms with van der Waals surface area (Å²) in [5, 5.41) is 13.1. The highest BCUT2D eigenvalue weighted by Crippen LogP contribution is 2.31. The summed E-state index contributed by atoms with van der Waals surface area (Å²) in [6.45, 7) is 5.35. The van der Waals surface area contributed by atoms with Crippen LogP contribution >= 0.6 is 0 Å². The molecule has 1 saturated heterocycles. The largest absolute Gasteiger partial charge is 0.444 e. The second-order valence-corrected chi connectivity index (χ2v) is 10.2. The van der Waals surface area contributed by atoms with Gasteiger partial charge in [0.1, 0.15) is 17.6 Å². The number of nitrogens with zero attached hydrogens (tertiary/aromatic N) is 5. The van der Waals surface area contributed by atoms with Gasteiger partial charge in [-0.05, 0) is 58.1 Å². The molecule has 11 heteroatoms. The molecule has 5 rings (SSSR count). The van der Waals surface area contributed by atoms with Gasteiger partial charge < -0.3 is 29.9 Å². The quantitative estimate of drug-likeness (QED) is 0.321. The van der Waals surface area contributed by atoms with Crippen molar-refractivity contribution in [3.8, 4) is 11.5 Å². The first-order valence-electron chi connectivity index (χ1n) is 12.7. The summed E-state index contributed by atoms with van der Waals surface area (Å²) in [6.07, 6.45) is 11.1. The number of hydrogen-bond acceptors (Lipinski definition) is 8. The molecular weight excluding hydrogens is 486 g/mol. The van der Waals surface area contributed by atoms with Gasteiger partial charge in [-0.3, -0.25) is 14.6 Å². The number of aliphatic hydroxyl groups is 1. The summed E-state index contributed by atoms with van der Waals surface area (Å²) in [5.41, 5.74) is 8.38. The van der Waals surface area contributed by atoms with E-state index in [1.54, 1.807) is 19.9 Å². The topological polar surface area (TPSA) is 152 Å². The summed E-state index contributed by atoms with van der Waals surface area (Å²) < 4.78 is 7.41. The van der Waals surface area contributed by atoms with E-state index in [9.17, 15) is 14.7 Å². The van der Waals surface area contributed by atoms with Gasteiger partial charge in [0.25, 0.3) is 11.8 Å². The highest BCUT2D eigenvalue weighted by Gasteiger charge is 2.21. The van der Waals surface area contributed by atoms with Crippen LogP contribution in [0.15, 0.2) is 47.5 Å². The Morgan fingerprint density at radius 2 is 1.92 bits per heavy atom. The molecule has 5 heterocycles. The van der Waals surface area contributed by atoms with Gasteiger partial charge in [-0.15, -0.1) is 0 Å². The van der Waals surface area contributed by atoms with E-state index < -0.39 is 17.4 Å². The highest BCUT2D eigenvalue weighted by molar-refractivity contribution is 6.05. The number of nitrogens with one attached hydrogen (secondary N) is 1. The van der Waals surface area contributed by atoms with E-state index in [1.807, 2.05) is 22.9 Å². The average molecular weight is 518 g/mol. The number of carbonyl (C=O) groups excluding carboxylic acids is 2. The Morgan fingerprint density at radius 1 is 1.13 bits per heavy atom. The highest BCUT2D eigenvalue weighted by atomic mass is 16.3. The first kappa shape index (κ1) is 25.4. The predicted molar refractivity (Wildman–Crippen MR) is 142 cm³/mol. The van der Waals surface area contributed by atoms with E-state index in [0.29, 0.717) is 24.1 Å². The molecule has 1 fully saturated rings. The number of amides is 2. The summed E-state index contributed by atoms with van der Waals surface area (Å²) in [5.74, 6) is -0.915. The van der Waals surface area contributed by atoms with Crippen LogP contribution in [0.5, 0.6) is 0 Å². The molecule has 0 unspecified atom stereocenters. The third-order valence-corrected chi connectivity index (χ3v) is 6.55. The Kier molecular flexibility index (Phi) is 6.85. The zero-order chi connectivity index (χ0) is 26.9. The van der Waals surface area contributed by atoms with Crippen molar-refractivity contribution in [1.29, 1.82) is 0 Å². The standard InChI is InChI=1S/C27H31N7O4/c1-27(2,37)8-6-18-14-34-15-20(22(13-23(34)30-18)33-10-4-3-5-11-33)31-25(36)21-16-38-26(32-21)17-7-9-29-19(12-17)24(28)35/h7,9,12-16,37H,3-6,8,10-11H2,1-2H3,(H2,28,35)(H,31,36). The van der Waals surface area contributed by atoms with E-state index >= 15 is 0 Å². The number of hydrogen-bond donors (Lipinski definition) is 3. The Morgan fingerprint density at radius 3 is 2.66 bits per heavy atom. The van der Waals surface area contributed by atoms with Crippen molar-refractivity contribution in [3.05, 3.63) is 60.1 Å². The number of oxazole rings is 1. The van der Waals surface area contributed by atoms with Crippen LogP contribution in [0.2, 0.25) is 0 Å². The third kappa shape index (κ3) is 5.67. The number of aromatic nitrogens is 4. The maximum Gasteiger partial charge on any atom is 0.277 e. The molecule has 4 aromatic heterocycles. The second-order valence-electron chi connectivity index (χ2n) is 10.2. The van der Waals surface area contributed by atoms with Crippen LogP contribution in [0, 0.1) is 0 Å². The van der Waals surface area contributed by atoms with Crippen LogP contribution in [0.1, 0.15) is 66.2 Å². The average Bonchev–Trinajstić information content (AvgIpc) is 3.54. The molecule has 0 bridgehead atoms. The minimum Gasteiger partial charge on any atom is -0.444 e. The molecule has 0 saturated carbocycles. The number of fused-ring (bicyclic) bond motifs is 1. The first-order chi connectivity index (χ1) is 18.2. The first-order valence-corrected chi connectivity index (χ1v) is 12.7. The molecule has 4 N–H and O–H groups in total. The third-order valence-electron chi connectivity index (χ3n) is 6.55. The van der Waals surface area contributed by atoms with Crippen LogP contribution in [0.25, 0.3) is 17.1 Å². The molecule has 11 nitrogen and oxygen atoms in total. The van der Waals surface area contributed by atoms with Gasteiger partial charge in [-0.25, -0.2) is 9.97 Å². The number of imidazole rings is 1. The number of primary amides is 1. The van der Waals surface area contributed by atoms with Crippen molar-refractivity contribution in [1.82, 2.24) is 19.4 Å². The number of pyridine rings is 2. The Hall–Kier alpha value is -4.25. The zero-order valence-electron chi connectivity index (χ0n) is 21.5. The molecule has 0 aliphatic carbocycles. The molecule has 1 aliphatic rings. The Bertz CT molecular complexity index is 1480. The van der Waals surface area contributed by atoms with E-state index in [-0.39, 0.29) is 17.3 Å². The van der Waals surface area contributed by atoms with Gasteiger partial charge in [0, 0.05) is 43.3 Å². The van der Waals surface area contributed by atoms with Crippen LogP contribution < -0.4 is 16.0 Å². The smallest absolute Gasteiger partial charge is 0.277 e. The number of piperidine rings is 1. The lowest BCUT2D eigenvalue weighted by atomic mass is 10.0. The van der Waals surface area contributed by atoms with Crippen LogP contribution in [0.4, 0.5) is 11.4 Å². The minimum atomic E-state index is -0.776. The molecule has 4 aromatic rings. The van der Waals surface area contributed by atoms with E-state index in [4.69, 9.17) is 15.1 Å². The molecule has 2 amide bonds. The number of rotatable bonds is 8. The van der Waals surface area contributed by atoms with Gasteiger partial charge in [-0.1, -0.05) is 0 Å². The lowest BCUT2D eigenvalue weighted by Gasteiger charge is -2.30. The van der Waals surface area contributed by atoms with E-state index in [2.05, 4.69) is 20.2 Å². The zero-order valence-corrected chi connectivity index (χ0v) is 21.5. The van der Waals surface area contributed by atoms with Gasteiger partial charge in [0.15, 0.2) is 5.69 Å². The molecule has 0 atom stereocenters. The van der Waals surface area contributed by atoms with Gasteiger partial charge in [-0.2, -0.15) is 0 Å². The fraction of sp³-hybridized carbons (Fsp3) is 0.370. The van der Waals surface area contributed by atoms with Gasteiger partial charge in [0.05, 0.1) is 22.7 Å². The molecular formula is C27H31N7O4. The summed E-state index contributed by atoms with van der Waals surface area (Å²) in [4.78, 5) is 39.9. The fourth-order valence-electron chi connectivity index (χ4n) is 4.52. The SMILES string of the molecule is CC(C)(O)CCc1cn2cc(NC(=O)c3coc(-c4ccnc(C(N)=O)c4)n3)c(N3CCCCC3)cc2n1. The van der Waals surface area contributed by atoms with Gasteiger partial charge >= 0.3 is 0 Å². The van der Waals surface area contributed by atoms with Crippen molar-refractivity contribution in [2.24, 2.45) is 5.73 Å². The minimum absolute atomic E-state index is 0.0773. The Labute approximate surface area is 219 Å². The summed E-state index contributed by atoms with van der Waals surface area (Å²) in [6, 6.07) is 5.08. The van der Waals surface area contributed by atoms with Crippen molar-refractivity contribution in [3.63, 3.8) is 0 Å². The predicted octanol–water partition coefficient (Wildman–Crippen LogP) is 3.43. The molecule has 0 radical (unpaired) electrons. The van der Waals surface area contributed by atoms with Gasteiger partial charge in [0.2, 0.25) is 5.89 Å². The number of carbonyl (C=O) groups is 2. The molecule has 38 heavy (non-hydrogen) atoms. The van der Waals surface area contributed by atoms with Crippen LogP contribution in [-0.2, 0) is 6.42 Å². The normalized spacial score (nSPS) is 14.1. The maximum atomic E-state index is 13.2. The summed E-state index contributed by atoms with van der Waals surface area (Å²) >= 11 is 0. The molecule has 1 aliphatic heterocycles. The van der Waals surface area contributed by atoms with Crippen molar-refractivity contribution < 1.29 is 19.1 Å². The monoisotopic (exact) mass is 517 g/mol. The lowest BCUT2D eigenvalue weighted by Crippen LogP contribution is -2.30. The fourth-order valence-corrected chi connectivity index (χ4v) is 4.52. The van der Waals surface area contributed by atoms with E-state index in [0.717, 1.165) is 43.0 Å². The van der Waals surface area contributed by atoms with Crippen molar-refractivity contribution in [2.75, 3.05) is 23.3 Å².